The van der Waals surface area contributed by atoms with Gasteiger partial charge in [0.05, 0.1) is 5.69 Å². The van der Waals surface area contributed by atoms with Crippen LogP contribution in [0.2, 0.25) is 0 Å². The first-order chi connectivity index (χ1) is 10.5. The number of halogens is 1. The first-order valence-corrected chi connectivity index (χ1v) is 8.03. The molecule has 0 atom stereocenters. The Morgan fingerprint density at radius 1 is 0.955 bits per heavy atom. The van der Waals surface area contributed by atoms with Gasteiger partial charge in [0, 0.05) is 19.9 Å². The number of carbonyl (C=O) groups is 2. The summed E-state index contributed by atoms with van der Waals surface area (Å²) in [6.45, 7) is 1.62. The summed E-state index contributed by atoms with van der Waals surface area (Å²) >= 11 is 0. The number of Topliss-reactive ketones (excluding diaryl/α,β-unsaturated/α-hetero) is 1. The quantitative estimate of drug-likeness (QED) is 0.597. The van der Waals surface area contributed by atoms with Crippen LogP contribution in [0.5, 0.6) is 0 Å². The molecule has 0 spiro atoms. The summed E-state index contributed by atoms with van der Waals surface area (Å²) in [5.74, 6) is -0.174. The summed E-state index contributed by atoms with van der Waals surface area (Å²) in [6.07, 6.45) is 7.15. The number of anilines is 1. The van der Waals surface area contributed by atoms with Gasteiger partial charge in [-0.1, -0.05) is 37.8 Å². The zero-order chi connectivity index (χ0) is 16.4. The SMILES string of the molecule is CC(=O)CCCCCCCCC(=O)N(C)c1ccccc1F. The third-order valence-electron chi connectivity index (χ3n) is 3.76. The molecule has 0 aromatic heterocycles. The molecule has 22 heavy (non-hydrogen) atoms. The van der Waals surface area contributed by atoms with Crippen molar-refractivity contribution >= 4 is 17.4 Å². The summed E-state index contributed by atoms with van der Waals surface area (Å²) < 4.78 is 13.6. The summed E-state index contributed by atoms with van der Waals surface area (Å²) in [5, 5.41) is 0. The molecule has 0 fully saturated rings. The Bertz CT molecular complexity index is 488. The molecule has 1 amide bonds. The van der Waals surface area contributed by atoms with Gasteiger partial charge in [-0.3, -0.25) is 4.79 Å². The van der Waals surface area contributed by atoms with Crippen LogP contribution in [0.4, 0.5) is 10.1 Å². The number of carbonyl (C=O) groups excluding carboxylic acids is 2. The lowest BCUT2D eigenvalue weighted by Gasteiger charge is -2.17. The molecule has 3 nitrogen and oxygen atoms in total. The number of rotatable bonds is 10. The van der Waals surface area contributed by atoms with Crippen molar-refractivity contribution in [3.8, 4) is 0 Å². The molecular weight excluding hydrogens is 281 g/mol. The summed E-state index contributed by atoms with van der Waals surface area (Å²) in [5.41, 5.74) is 0.330. The second kappa shape index (κ2) is 10.1. The third-order valence-corrected chi connectivity index (χ3v) is 3.76. The van der Waals surface area contributed by atoms with Gasteiger partial charge in [-0.25, -0.2) is 4.39 Å². The molecule has 0 aliphatic rings. The highest BCUT2D eigenvalue weighted by Gasteiger charge is 2.13. The van der Waals surface area contributed by atoms with Crippen LogP contribution in [0.3, 0.4) is 0 Å². The second-order valence-electron chi connectivity index (χ2n) is 5.73. The molecule has 0 saturated carbocycles. The first kappa shape index (κ1) is 18.3. The van der Waals surface area contributed by atoms with E-state index in [4.69, 9.17) is 0 Å². The van der Waals surface area contributed by atoms with E-state index in [2.05, 4.69) is 0 Å². The minimum atomic E-state index is -0.371. The largest absolute Gasteiger partial charge is 0.313 e. The third kappa shape index (κ3) is 6.83. The highest BCUT2D eigenvalue weighted by molar-refractivity contribution is 5.92. The lowest BCUT2D eigenvalue weighted by molar-refractivity contribution is -0.118. The predicted molar refractivity (Wildman–Crippen MR) is 87.4 cm³/mol. The van der Waals surface area contributed by atoms with Gasteiger partial charge in [-0.2, -0.15) is 0 Å². The fourth-order valence-electron chi connectivity index (χ4n) is 2.38. The van der Waals surface area contributed by atoms with E-state index in [1.807, 2.05) is 0 Å². The molecule has 0 aliphatic carbocycles. The van der Waals surface area contributed by atoms with E-state index >= 15 is 0 Å². The van der Waals surface area contributed by atoms with Crippen LogP contribution < -0.4 is 4.90 Å². The first-order valence-electron chi connectivity index (χ1n) is 8.03. The average molecular weight is 307 g/mol. The molecular formula is C18H26FNO2. The molecule has 4 heteroatoms. The predicted octanol–water partition coefficient (Wildman–Crippen LogP) is 4.50. The van der Waals surface area contributed by atoms with Crippen LogP contribution in [-0.2, 0) is 9.59 Å². The normalized spacial score (nSPS) is 10.5. The lowest BCUT2D eigenvalue weighted by atomic mass is 10.1. The average Bonchev–Trinajstić information content (AvgIpc) is 2.49. The molecule has 0 aliphatic heterocycles. The minimum absolute atomic E-state index is 0.0540. The van der Waals surface area contributed by atoms with Crippen LogP contribution in [-0.4, -0.2) is 18.7 Å². The van der Waals surface area contributed by atoms with Crippen molar-refractivity contribution in [3.63, 3.8) is 0 Å². The molecule has 1 rings (SSSR count). The van der Waals surface area contributed by atoms with Crippen LogP contribution in [0, 0.1) is 5.82 Å². The molecule has 122 valence electrons. The highest BCUT2D eigenvalue weighted by Crippen LogP contribution is 2.18. The Hall–Kier alpha value is -1.71. The molecule has 0 heterocycles. The van der Waals surface area contributed by atoms with Crippen molar-refractivity contribution in [3.05, 3.63) is 30.1 Å². The van der Waals surface area contributed by atoms with E-state index in [9.17, 15) is 14.0 Å². The maximum Gasteiger partial charge on any atom is 0.226 e. The van der Waals surface area contributed by atoms with Gasteiger partial charge in [-0.15, -0.1) is 0 Å². The van der Waals surface area contributed by atoms with Crippen molar-refractivity contribution in [1.82, 2.24) is 0 Å². The van der Waals surface area contributed by atoms with E-state index in [0.717, 1.165) is 38.5 Å². The van der Waals surface area contributed by atoms with E-state index in [-0.39, 0.29) is 17.5 Å². The van der Waals surface area contributed by atoms with Gasteiger partial charge in [0.2, 0.25) is 5.91 Å². The number of unbranched alkanes of at least 4 members (excludes halogenated alkanes) is 5. The van der Waals surface area contributed by atoms with Gasteiger partial charge < -0.3 is 9.69 Å². The number of amides is 1. The molecule has 0 saturated heterocycles. The maximum atomic E-state index is 13.6. The Kier molecular flexibility index (Phi) is 8.41. The molecule has 1 aromatic rings. The van der Waals surface area contributed by atoms with Crippen LogP contribution >= 0.6 is 0 Å². The summed E-state index contributed by atoms with van der Waals surface area (Å²) in [7, 11) is 1.61. The van der Waals surface area contributed by atoms with Crippen LogP contribution in [0.25, 0.3) is 0 Å². The molecule has 1 aromatic carbocycles. The van der Waals surface area contributed by atoms with Gasteiger partial charge in [-0.05, 0) is 31.9 Å². The van der Waals surface area contributed by atoms with Crippen molar-refractivity contribution < 1.29 is 14.0 Å². The van der Waals surface area contributed by atoms with Crippen LogP contribution in [0.15, 0.2) is 24.3 Å². The van der Waals surface area contributed by atoms with Crippen molar-refractivity contribution in [2.24, 2.45) is 0 Å². The van der Waals surface area contributed by atoms with Gasteiger partial charge in [0.15, 0.2) is 0 Å². The number of benzene rings is 1. The van der Waals surface area contributed by atoms with E-state index in [1.165, 1.54) is 11.0 Å². The summed E-state index contributed by atoms with van der Waals surface area (Å²) in [4.78, 5) is 24.2. The standard InChI is InChI=1S/C18H26FNO2/c1-15(21)11-7-5-3-4-6-8-14-18(22)20(2)17-13-10-9-12-16(17)19/h9-10,12-13H,3-8,11,14H2,1-2H3. The summed E-state index contributed by atoms with van der Waals surface area (Å²) in [6, 6.07) is 6.31. The van der Waals surface area contributed by atoms with Crippen molar-refractivity contribution in [2.45, 2.75) is 58.3 Å². The maximum absolute atomic E-state index is 13.6. The molecule has 0 N–H and O–H groups in total. The van der Waals surface area contributed by atoms with Crippen molar-refractivity contribution in [1.29, 1.82) is 0 Å². The topological polar surface area (TPSA) is 37.4 Å². The number of ketones is 1. The Labute approximate surface area is 132 Å². The van der Waals surface area contributed by atoms with Crippen LogP contribution in [0.1, 0.15) is 58.3 Å². The Morgan fingerprint density at radius 2 is 1.50 bits per heavy atom. The zero-order valence-electron chi connectivity index (χ0n) is 13.6. The highest BCUT2D eigenvalue weighted by atomic mass is 19.1. The number of hydrogen-bond donors (Lipinski definition) is 0. The zero-order valence-corrected chi connectivity index (χ0v) is 13.6. The molecule has 0 radical (unpaired) electrons. The minimum Gasteiger partial charge on any atom is -0.313 e. The second-order valence-corrected chi connectivity index (χ2v) is 5.73. The lowest BCUT2D eigenvalue weighted by Crippen LogP contribution is -2.26. The molecule has 0 unspecified atom stereocenters. The fraction of sp³-hybridized carbons (Fsp3) is 0.556. The van der Waals surface area contributed by atoms with Gasteiger partial charge in [0.1, 0.15) is 11.6 Å². The Morgan fingerprint density at radius 3 is 2.09 bits per heavy atom. The smallest absolute Gasteiger partial charge is 0.226 e. The number of nitrogens with zero attached hydrogens (tertiary/aromatic N) is 1. The van der Waals surface area contributed by atoms with Gasteiger partial charge >= 0.3 is 0 Å². The monoisotopic (exact) mass is 307 g/mol. The number of para-hydroxylation sites is 1. The number of hydrogen-bond acceptors (Lipinski definition) is 2. The van der Waals surface area contributed by atoms with Gasteiger partial charge in [0.25, 0.3) is 0 Å². The van der Waals surface area contributed by atoms with E-state index < -0.39 is 0 Å². The molecule has 0 bridgehead atoms. The van der Waals surface area contributed by atoms with Crippen molar-refractivity contribution in [2.75, 3.05) is 11.9 Å². The van der Waals surface area contributed by atoms with E-state index in [1.54, 1.807) is 32.2 Å². The Balaban J connectivity index is 2.16. The van der Waals surface area contributed by atoms with E-state index in [0.29, 0.717) is 18.5 Å². The fourth-order valence-corrected chi connectivity index (χ4v) is 2.38.